The van der Waals surface area contributed by atoms with Crippen LogP contribution in [0.2, 0.25) is 0 Å². The van der Waals surface area contributed by atoms with Crippen LogP contribution in [0, 0.1) is 12.3 Å². The maximum Gasteiger partial charge on any atom is 0.303 e. The molecule has 7 heteroatoms. The summed E-state index contributed by atoms with van der Waals surface area (Å²) in [5, 5.41) is 14.8. The minimum absolute atomic E-state index is 0.0147. The lowest BCUT2D eigenvalue weighted by atomic mass is 9.84. The number of aliphatic carboxylic acids is 1. The monoisotopic (exact) mass is 269 g/mol. The van der Waals surface area contributed by atoms with Crippen LogP contribution >= 0.6 is 0 Å². The van der Waals surface area contributed by atoms with E-state index in [4.69, 9.17) is 9.63 Å². The molecule has 1 aromatic heterocycles. The molecule has 1 rings (SSSR count). The average molecular weight is 269 g/mol. The number of carbonyl (C=O) groups is 2. The molecule has 1 aromatic rings. The lowest BCUT2D eigenvalue weighted by Gasteiger charge is -2.23. The number of hydrogen-bond donors (Lipinski definition) is 2. The van der Waals surface area contributed by atoms with Gasteiger partial charge in [0, 0.05) is 19.9 Å². The Hall–Kier alpha value is -1.92. The third-order valence-corrected chi connectivity index (χ3v) is 2.83. The fourth-order valence-corrected chi connectivity index (χ4v) is 1.56. The van der Waals surface area contributed by atoms with Crippen LogP contribution in [0.3, 0.4) is 0 Å². The van der Waals surface area contributed by atoms with Gasteiger partial charge in [0.1, 0.15) is 0 Å². The van der Waals surface area contributed by atoms with Gasteiger partial charge in [0.25, 0.3) is 11.7 Å². The molecule has 0 aliphatic rings. The van der Waals surface area contributed by atoms with Crippen LogP contribution in [0.25, 0.3) is 0 Å². The molecular weight excluding hydrogens is 250 g/mol. The third-order valence-electron chi connectivity index (χ3n) is 2.83. The zero-order valence-corrected chi connectivity index (χ0v) is 11.4. The van der Waals surface area contributed by atoms with Crippen LogP contribution in [-0.4, -0.2) is 33.7 Å². The Balaban J connectivity index is 2.33. The number of nitrogens with one attached hydrogen (secondary N) is 1. The maximum absolute atomic E-state index is 11.6. The van der Waals surface area contributed by atoms with Gasteiger partial charge < -0.3 is 14.9 Å². The molecule has 0 spiro atoms. The highest BCUT2D eigenvalue weighted by molar-refractivity contribution is 5.90. The second-order valence-corrected chi connectivity index (χ2v) is 5.20. The molecule has 106 valence electrons. The van der Waals surface area contributed by atoms with Crippen LogP contribution in [0.5, 0.6) is 0 Å². The molecule has 2 N–H and O–H groups in total. The number of carbonyl (C=O) groups excluding carboxylic acids is 1. The predicted octanol–water partition coefficient (Wildman–Crippen LogP) is 1.39. The van der Waals surface area contributed by atoms with Crippen molar-refractivity contribution in [2.75, 3.05) is 6.54 Å². The highest BCUT2D eigenvalue weighted by Gasteiger charge is 2.20. The first-order valence-electron chi connectivity index (χ1n) is 6.10. The van der Waals surface area contributed by atoms with Crippen LogP contribution in [0.1, 0.15) is 49.6 Å². The van der Waals surface area contributed by atoms with Crippen molar-refractivity contribution in [3.63, 3.8) is 0 Å². The van der Waals surface area contributed by atoms with Gasteiger partial charge in [0.05, 0.1) is 0 Å². The molecule has 0 saturated carbocycles. The fourth-order valence-electron chi connectivity index (χ4n) is 1.56. The normalized spacial score (nSPS) is 11.3. The molecule has 0 aliphatic heterocycles. The summed E-state index contributed by atoms with van der Waals surface area (Å²) in [7, 11) is 0. The highest BCUT2D eigenvalue weighted by atomic mass is 16.5. The van der Waals surface area contributed by atoms with Crippen LogP contribution in [0.15, 0.2) is 4.52 Å². The van der Waals surface area contributed by atoms with Crippen molar-refractivity contribution in [1.82, 2.24) is 15.5 Å². The number of aromatic nitrogens is 2. The second kappa shape index (κ2) is 6.31. The number of rotatable bonds is 7. The predicted molar refractivity (Wildman–Crippen MR) is 66.6 cm³/mol. The number of hydrogen-bond acceptors (Lipinski definition) is 5. The van der Waals surface area contributed by atoms with Gasteiger partial charge in [-0.2, -0.15) is 4.98 Å². The first-order valence-corrected chi connectivity index (χ1v) is 6.10. The summed E-state index contributed by atoms with van der Waals surface area (Å²) in [6.45, 7) is 6.00. The molecule has 0 aromatic carbocycles. The lowest BCUT2D eigenvalue weighted by molar-refractivity contribution is -0.137. The van der Waals surface area contributed by atoms with Crippen LogP contribution in [-0.2, 0) is 4.79 Å². The molecule has 0 saturated heterocycles. The minimum atomic E-state index is -0.806. The van der Waals surface area contributed by atoms with Gasteiger partial charge >= 0.3 is 5.97 Å². The molecular formula is C12H19N3O4. The largest absolute Gasteiger partial charge is 0.481 e. The van der Waals surface area contributed by atoms with Crippen molar-refractivity contribution < 1.29 is 19.2 Å². The van der Waals surface area contributed by atoms with E-state index in [-0.39, 0.29) is 23.6 Å². The van der Waals surface area contributed by atoms with E-state index >= 15 is 0 Å². The van der Waals surface area contributed by atoms with Gasteiger partial charge in [-0.05, 0) is 18.3 Å². The standard InChI is InChI=1S/C12H19N3O4/c1-8-14-10(15-19-8)11(18)13-7-6-12(2,3)5-4-9(16)17/h4-7H2,1-3H3,(H,13,18)(H,16,17). The van der Waals surface area contributed by atoms with Gasteiger partial charge in [-0.1, -0.05) is 19.0 Å². The Labute approximate surface area is 111 Å². The molecule has 0 atom stereocenters. The van der Waals surface area contributed by atoms with Gasteiger partial charge in [-0.3, -0.25) is 9.59 Å². The van der Waals surface area contributed by atoms with E-state index in [1.165, 1.54) is 0 Å². The van der Waals surface area contributed by atoms with Gasteiger partial charge in [-0.25, -0.2) is 0 Å². The molecule has 7 nitrogen and oxygen atoms in total. The van der Waals surface area contributed by atoms with Crippen molar-refractivity contribution in [2.45, 2.75) is 40.0 Å². The molecule has 1 amide bonds. The lowest BCUT2D eigenvalue weighted by Crippen LogP contribution is -2.29. The van der Waals surface area contributed by atoms with E-state index < -0.39 is 5.97 Å². The number of carboxylic acid groups (broad SMARTS) is 1. The van der Waals surface area contributed by atoms with Crippen molar-refractivity contribution >= 4 is 11.9 Å². The summed E-state index contributed by atoms with van der Waals surface area (Å²) in [5.74, 6) is -0.835. The zero-order chi connectivity index (χ0) is 14.5. The third kappa shape index (κ3) is 5.50. The van der Waals surface area contributed by atoms with Crippen molar-refractivity contribution in [3.05, 3.63) is 11.7 Å². The Morgan fingerprint density at radius 2 is 2.05 bits per heavy atom. The Morgan fingerprint density at radius 1 is 1.37 bits per heavy atom. The molecule has 0 radical (unpaired) electrons. The van der Waals surface area contributed by atoms with Crippen LogP contribution in [0.4, 0.5) is 0 Å². The molecule has 19 heavy (non-hydrogen) atoms. The smallest absolute Gasteiger partial charge is 0.303 e. The summed E-state index contributed by atoms with van der Waals surface area (Å²) < 4.78 is 4.71. The first kappa shape index (κ1) is 15.1. The maximum atomic E-state index is 11.6. The number of amides is 1. The Bertz CT molecular complexity index is 454. The number of nitrogens with zero attached hydrogens (tertiary/aromatic N) is 2. The van der Waals surface area contributed by atoms with Gasteiger partial charge in [-0.15, -0.1) is 0 Å². The van der Waals surface area contributed by atoms with E-state index in [1.54, 1.807) is 6.92 Å². The molecule has 0 bridgehead atoms. The number of aryl methyl sites for hydroxylation is 1. The molecule has 0 fully saturated rings. The van der Waals surface area contributed by atoms with E-state index in [2.05, 4.69) is 15.5 Å². The summed E-state index contributed by atoms with van der Waals surface area (Å²) in [5.41, 5.74) is -0.140. The second-order valence-electron chi connectivity index (χ2n) is 5.20. The van der Waals surface area contributed by atoms with Gasteiger partial charge in [0.15, 0.2) is 0 Å². The fraction of sp³-hybridized carbons (Fsp3) is 0.667. The first-order chi connectivity index (χ1) is 8.80. The average Bonchev–Trinajstić information content (AvgIpc) is 2.73. The Morgan fingerprint density at radius 3 is 2.58 bits per heavy atom. The van der Waals surface area contributed by atoms with Crippen molar-refractivity contribution in [3.8, 4) is 0 Å². The summed E-state index contributed by atoms with van der Waals surface area (Å²) in [6, 6.07) is 0. The summed E-state index contributed by atoms with van der Waals surface area (Å²) in [4.78, 5) is 26.0. The van der Waals surface area contributed by atoms with E-state index in [1.807, 2.05) is 13.8 Å². The van der Waals surface area contributed by atoms with E-state index in [0.29, 0.717) is 25.3 Å². The molecule has 0 aliphatic carbocycles. The number of carboxylic acids is 1. The zero-order valence-electron chi connectivity index (χ0n) is 11.4. The Kier molecular flexibility index (Phi) is 5.02. The molecule has 0 unspecified atom stereocenters. The molecule has 1 heterocycles. The van der Waals surface area contributed by atoms with E-state index in [0.717, 1.165) is 0 Å². The van der Waals surface area contributed by atoms with E-state index in [9.17, 15) is 9.59 Å². The quantitative estimate of drug-likeness (QED) is 0.774. The SMILES string of the molecule is Cc1nc(C(=O)NCCC(C)(C)CCC(=O)O)no1. The highest BCUT2D eigenvalue weighted by Crippen LogP contribution is 2.25. The van der Waals surface area contributed by atoms with Crippen molar-refractivity contribution in [2.24, 2.45) is 5.41 Å². The summed E-state index contributed by atoms with van der Waals surface area (Å²) >= 11 is 0. The minimum Gasteiger partial charge on any atom is -0.481 e. The van der Waals surface area contributed by atoms with Crippen molar-refractivity contribution in [1.29, 1.82) is 0 Å². The van der Waals surface area contributed by atoms with Crippen LogP contribution < -0.4 is 5.32 Å². The topological polar surface area (TPSA) is 105 Å². The van der Waals surface area contributed by atoms with Gasteiger partial charge in [0.2, 0.25) is 5.89 Å². The summed E-state index contributed by atoms with van der Waals surface area (Å²) in [6.07, 6.45) is 1.38.